The number of hydrogen-bond acceptors (Lipinski definition) is 4. The maximum atomic E-state index is 12.5. The molecule has 1 aromatic heterocycles. The molecule has 1 aliphatic carbocycles. The fourth-order valence-corrected chi connectivity index (χ4v) is 7.48. The van der Waals surface area contributed by atoms with E-state index in [2.05, 4.69) is 48.9 Å². The maximum Gasteiger partial charge on any atom is 0.410 e. The van der Waals surface area contributed by atoms with Crippen molar-refractivity contribution in [3.63, 3.8) is 0 Å². The highest BCUT2D eigenvalue weighted by molar-refractivity contribution is 9.10. The van der Waals surface area contributed by atoms with Crippen molar-refractivity contribution in [1.82, 2.24) is 14.8 Å². The monoisotopic (exact) mass is 681 g/mol. The average molecular weight is 684 g/mol. The SMILES string of the molecule is CC.CC(C)(C)OC(=O)N1CCC(C2CCN(C3c4ccc(Cl)c(Br)c4CCc4cc(Br)cnc43)CC2)CC1. The van der Waals surface area contributed by atoms with Crippen LogP contribution in [-0.2, 0) is 17.6 Å². The lowest BCUT2D eigenvalue weighted by atomic mass is 9.78. The smallest absolute Gasteiger partial charge is 0.410 e. The molecule has 2 aliphatic heterocycles. The number of fused-ring (bicyclic) bond motifs is 2. The summed E-state index contributed by atoms with van der Waals surface area (Å²) in [7, 11) is 0. The number of carbonyl (C=O) groups excluding carboxylic acids is 1. The van der Waals surface area contributed by atoms with Gasteiger partial charge in [-0.3, -0.25) is 9.88 Å². The van der Waals surface area contributed by atoms with Gasteiger partial charge in [-0.05, 0) is 145 Å². The summed E-state index contributed by atoms with van der Waals surface area (Å²) in [4.78, 5) is 22.0. The molecule has 5 rings (SSSR count). The summed E-state index contributed by atoms with van der Waals surface area (Å²) >= 11 is 13.9. The molecule has 1 unspecified atom stereocenters. The zero-order valence-corrected chi connectivity index (χ0v) is 27.8. The van der Waals surface area contributed by atoms with E-state index in [0.717, 1.165) is 65.8 Å². The highest BCUT2D eigenvalue weighted by Gasteiger charge is 2.37. The Morgan fingerprint density at radius 3 is 2.23 bits per heavy atom. The van der Waals surface area contributed by atoms with Crippen molar-refractivity contribution in [3.05, 3.63) is 60.7 Å². The summed E-state index contributed by atoms with van der Waals surface area (Å²) < 4.78 is 7.64. The van der Waals surface area contributed by atoms with E-state index in [4.69, 9.17) is 21.3 Å². The lowest BCUT2D eigenvalue weighted by molar-refractivity contribution is 0.0129. The van der Waals surface area contributed by atoms with Gasteiger partial charge in [-0.1, -0.05) is 31.5 Å². The number of carbonyl (C=O) groups is 1. The van der Waals surface area contributed by atoms with Crippen LogP contribution >= 0.6 is 43.5 Å². The van der Waals surface area contributed by atoms with Gasteiger partial charge in [-0.15, -0.1) is 0 Å². The number of benzene rings is 1. The Morgan fingerprint density at radius 1 is 1.00 bits per heavy atom. The third-order valence-electron chi connectivity index (χ3n) is 8.20. The molecule has 3 aliphatic rings. The topological polar surface area (TPSA) is 45.7 Å². The molecule has 39 heavy (non-hydrogen) atoms. The van der Waals surface area contributed by atoms with Crippen LogP contribution in [0.1, 0.15) is 88.7 Å². The number of likely N-dealkylation sites (tertiary alicyclic amines) is 2. The molecule has 1 atom stereocenters. The molecular formula is C31H42Br2ClN3O2. The van der Waals surface area contributed by atoms with E-state index in [0.29, 0.717) is 11.8 Å². The number of aryl methyl sites for hydroxylation is 1. The van der Waals surface area contributed by atoms with Crippen LogP contribution in [0.15, 0.2) is 33.3 Å². The molecule has 0 radical (unpaired) electrons. The number of ether oxygens (including phenoxy) is 1. The maximum absolute atomic E-state index is 12.5. The lowest BCUT2D eigenvalue weighted by Crippen LogP contribution is -2.45. The molecule has 3 heterocycles. The van der Waals surface area contributed by atoms with E-state index < -0.39 is 5.60 Å². The van der Waals surface area contributed by atoms with E-state index in [-0.39, 0.29) is 12.1 Å². The van der Waals surface area contributed by atoms with Crippen molar-refractivity contribution in [1.29, 1.82) is 0 Å². The number of aromatic nitrogens is 1. The summed E-state index contributed by atoms with van der Waals surface area (Å²) in [5.74, 6) is 1.38. The molecule has 8 heteroatoms. The summed E-state index contributed by atoms with van der Waals surface area (Å²) in [5, 5.41) is 0.772. The van der Waals surface area contributed by atoms with Crippen LogP contribution in [0.3, 0.4) is 0 Å². The molecule has 0 bridgehead atoms. The van der Waals surface area contributed by atoms with Crippen molar-refractivity contribution >= 4 is 49.6 Å². The van der Waals surface area contributed by atoms with Crippen LogP contribution in [0.4, 0.5) is 4.79 Å². The van der Waals surface area contributed by atoms with E-state index in [9.17, 15) is 4.79 Å². The Balaban J connectivity index is 0.00000172. The van der Waals surface area contributed by atoms with Crippen LogP contribution in [0.5, 0.6) is 0 Å². The highest BCUT2D eigenvalue weighted by atomic mass is 79.9. The van der Waals surface area contributed by atoms with Crippen LogP contribution in [0, 0.1) is 11.8 Å². The highest BCUT2D eigenvalue weighted by Crippen LogP contribution is 2.43. The minimum absolute atomic E-state index is 0.143. The molecule has 1 aromatic carbocycles. The first kappa shape index (κ1) is 30.8. The van der Waals surface area contributed by atoms with E-state index in [1.165, 1.54) is 35.2 Å². The minimum atomic E-state index is -0.443. The molecule has 214 valence electrons. The van der Waals surface area contributed by atoms with Crippen LogP contribution < -0.4 is 0 Å². The summed E-state index contributed by atoms with van der Waals surface area (Å²) in [6, 6.07) is 6.61. The van der Waals surface area contributed by atoms with Gasteiger partial charge in [0.15, 0.2) is 0 Å². The number of nitrogens with zero attached hydrogens (tertiary/aromatic N) is 3. The van der Waals surface area contributed by atoms with E-state index >= 15 is 0 Å². The van der Waals surface area contributed by atoms with E-state index in [1.54, 1.807) is 0 Å². The van der Waals surface area contributed by atoms with Gasteiger partial charge in [-0.25, -0.2) is 4.79 Å². The van der Waals surface area contributed by atoms with Crippen molar-refractivity contribution in [2.24, 2.45) is 11.8 Å². The number of piperidine rings is 2. The van der Waals surface area contributed by atoms with Crippen molar-refractivity contribution in [2.75, 3.05) is 26.2 Å². The van der Waals surface area contributed by atoms with Crippen LogP contribution in [0.25, 0.3) is 0 Å². The standard InChI is InChI=1S/C29H36Br2ClN3O2.C2H6/c1-29(2,3)37-28(36)35-14-10-19(11-15-35)18-8-12-34(13-9-18)27-23-6-7-24(32)25(31)22(23)5-4-20-16-21(30)17-33-26(20)27;1-2/h6-7,16-19,27H,4-5,8-15H2,1-3H3;1-2H3. The molecule has 5 nitrogen and oxygen atoms in total. The third kappa shape index (κ3) is 7.20. The first-order valence-electron chi connectivity index (χ1n) is 14.4. The Hall–Kier alpha value is -1.15. The Morgan fingerprint density at radius 2 is 1.62 bits per heavy atom. The predicted octanol–water partition coefficient (Wildman–Crippen LogP) is 8.83. The van der Waals surface area contributed by atoms with Crippen molar-refractivity contribution in [3.8, 4) is 0 Å². The second-order valence-electron chi connectivity index (χ2n) is 11.7. The molecule has 2 saturated heterocycles. The fraction of sp³-hybridized carbons (Fsp3) is 0.613. The third-order valence-corrected chi connectivity index (χ3v) is 10.1. The second kappa shape index (κ2) is 13.2. The number of pyridine rings is 1. The van der Waals surface area contributed by atoms with Gasteiger partial charge in [0.25, 0.3) is 0 Å². The molecule has 1 amide bonds. The molecule has 2 fully saturated rings. The molecular weight excluding hydrogens is 642 g/mol. The quantitative estimate of drug-likeness (QED) is 0.318. The Labute approximate surface area is 256 Å². The van der Waals surface area contributed by atoms with Crippen LogP contribution in [-0.4, -0.2) is 52.7 Å². The number of amides is 1. The summed E-state index contributed by atoms with van der Waals surface area (Å²) in [6.07, 6.45) is 8.18. The number of rotatable bonds is 2. The van der Waals surface area contributed by atoms with Gasteiger partial charge >= 0.3 is 6.09 Å². The van der Waals surface area contributed by atoms with Gasteiger partial charge in [-0.2, -0.15) is 0 Å². The molecule has 0 spiro atoms. The predicted molar refractivity (Wildman–Crippen MR) is 167 cm³/mol. The largest absolute Gasteiger partial charge is 0.444 e. The lowest BCUT2D eigenvalue weighted by Gasteiger charge is -2.42. The van der Waals surface area contributed by atoms with E-state index in [1.807, 2.05) is 51.8 Å². The Bertz CT molecular complexity index is 1150. The molecule has 0 N–H and O–H groups in total. The Kier molecular flexibility index (Phi) is 10.4. The molecule has 2 aromatic rings. The van der Waals surface area contributed by atoms with Crippen LogP contribution in [0.2, 0.25) is 5.02 Å². The second-order valence-corrected chi connectivity index (χ2v) is 13.8. The zero-order valence-electron chi connectivity index (χ0n) is 23.9. The van der Waals surface area contributed by atoms with Crippen molar-refractivity contribution < 1.29 is 9.53 Å². The summed E-state index contributed by atoms with van der Waals surface area (Å²) in [6.45, 7) is 13.5. The minimum Gasteiger partial charge on any atom is -0.444 e. The average Bonchev–Trinajstić information content (AvgIpc) is 3.08. The first-order chi connectivity index (χ1) is 18.6. The summed E-state index contributed by atoms with van der Waals surface area (Å²) in [5.41, 5.74) is 4.69. The van der Waals surface area contributed by atoms with Gasteiger partial charge in [0.1, 0.15) is 5.60 Å². The van der Waals surface area contributed by atoms with Gasteiger partial charge in [0.2, 0.25) is 0 Å². The van der Waals surface area contributed by atoms with Gasteiger partial charge in [0.05, 0.1) is 16.8 Å². The van der Waals surface area contributed by atoms with Crippen molar-refractivity contribution in [2.45, 2.75) is 84.8 Å². The molecule has 0 saturated carbocycles. The number of hydrogen-bond donors (Lipinski definition) is 0. The normalized spacial score (nSPS) is 20.8. The fourth-order valence-electron chi connectivity index (χ4n) is 6.36. The zero-order chi connectivity index (χ0) is 28.3. The number of halogens is 3. The first-order valence-corrected chi connectivity index (χ1v) is 16.4. The van der Waals surface area contributed by atoms with Gasteiger partial charge in [0, 0.05) is 28.2 Å². The van der Waals surface area contributed by atoms with Gasteiger partial charge < -0.3 is 9.64 Å².